The maximum atomic E-state index is 12.1. The highest BCUT2D eigenvalue weighted by Gasteiger charge is 2.10. The minimum Gasteiger partial charge on any atom is -0.466 e. The predicted molar refractivity (Wildman–Crippen MR) is 147 cm³/mol. The van der Waals surface area contributed by atoms with Gasteiger partial charge in [-0.05, 0) is 25.3 Å². The molecule has 0 fully saturated rings. The molecule has 4 nitrogen and oxygen atoms in total. The highest BCUT2D eigenvalue weighted by atomic mass is 16.5. The van der Waals surface area contributed by atoms with Gasteiger partial charge in [-0.2, -0.15) is 0 Å². The molecule has 0 aromatic heterocycles. The van der Waals surface area contributed by atoms with Gasteiger partial charge in [0.15, 0.2) is 0 Å². The van der Waals surface area contributed by atoms with Gasteiger partial charge < -0.3 is 10.1 Å². The fraction of sp³-hybridized carbons (Fsp3) is 0.742. The number of carbonyl (C=O) groups excluding carboxylic acids is 2. The first kappa shape index (κ1) is 31.2. The molecule has 1 rings (SSSR count). The lowest BCUT2D eigenvalue weighted by atomic mass is 10.0. The van der Waals surface area contributed by atoms with Crippen molar-refractivity contribution in [2.75, 3.05) is 6.61 Å². The Kier molecular flexibility index (Phi) is 20.2. The Morgan fingerprint density at radius 1 is 0.686 bits per heavy atom. The van der Waals surface area contributed by atoms with E-state index >= 15 is 0 Å². The van der Waals surface area contributed by atoms with Crippen molar-refractivity contribution in [1.82, 2.24) is 5.32 Å². The molecule has 1 unspecified atom stereocenters. The minimum atomic E-state index is -0.185. The van der Waals surface area contributed by atoms with E-state index in [1.54, 1.807) is 0 Å². The molecule has 1 aromatic carbocycles. The number of ether oxygens (including phenoxy) is 1. The molecule has 1 aromatic rings. The van der Waals surface area contributed by atoms with Crippen LogP contribution in [0.25, 0.3) is 0 Å². The number of nitrogens with one attached hydrogen (secondary N) is 1. The predicted octanol–water partition coefficient (Wildman–Crippen LogP) is 8.84. The molecular weight excluding hydrogens is 434 g/mol. The van der Waals surface area contributed by atoms with Crippen LogP contribution in [-0.2, 0) is 14.3 Å². The second-order valence-electron chi connectivity index (χ2n) is 10.1. The van der Waals surface area contributed by atoms with Crippen molar-refractivity contribution in [1.29, 1.82) is 0 Å². The van der Waals surface area contributed by atoms with Gasteiger partial charge in [-0.25, -0.2) is 0 Å². The van der Waals surface area contributed by atoms with E-state index in [-0.39, 0.29) is 17.9 Å². The number of carbonyl (C=O) groups is 2. The molecule has 35 heavy (non-hydrogen) atoms. The average Bonchev–Trinajstić information content (AvgIpc) is 2.86. The van der Waals surface area contributed by atoms with Crippen LogP contribution in [0.2, 0.25) is 0 Å². The van der Waals surface area contributed by atoms with Crippen LogP contribution in [0.15, 0.2) is 30.3 Å². The second kappa shape index (κ2) is 22.6. The summed E-state index contributed by atoms with van der Waals surface area (Å²) >= 11 is 0. The van der Waals surface area contributed by atoms with Gasteiger partial charge in [0.05, 0.1) is 12.6 Å². The Balaban J connectivity index is 1.82. The monoisotopic (exact) mass is 487 g/mol. The van der Waals surface area contributed by atoms with Crippen LogP contribution in [0.5, 0.6) is 0 Å². The average molecular weight is 488 g/mol. The van der Waals surface area contributed by atoms with Crippen molar-refractivity contribution in [3.05, 3.63) is 35.9 Å². The molecule has 0 saturated heterocycles. The summed E-state index contributed by atoms with van der Waals surface area (Å²) in [5.41, 5.74) is 1.08. The summed E-state index contributed by atoms with van der Waals surface area (Å²) in [6.45, 7) is 4.76. The van der Waals surface area contributed by atoms with Gasteiger partial charge in [-0.1, -0.05) is 134 Å². The van der Waals surface area contributed by atoms with E-state index in [4.69, 9.17) is 4.74 Å². The fourth-order valence-electron chi connectivity index (χ4n) is 4.44. The quantitative estimate of drug-likeness (QED) is 0.124. The maximum Gasteiger partial charge on any atom is 0.305 e. The zero-order valence-corrected chi connectivity index (χ0v) is 22.8. The molecule has 0 heterocycles. The lowest BCUT2D eigenvalue weighted by Crippen LogP contribution is -2.26. The van der Waals surface area contributed by atoms with Gasteiger partial charge in [0.1, 0.15) is 0 Å². The Hall–Kier alpha value is -1.84. The van der Waals surface area contributed by atoms with Crippen molar-refractivity contribution in [3.8, 4) is 0 Å². The minimum absolute atomic E-state index is 0.0213. The van der Waals surface area contributed by atoms with E-state index in [1.165, 1.54) is 89.9 Å². The number of unbranched alkanes of at least 4 members (excludes halogenated alkanes) is 15. The Morgan fingerprint density at radius 3 is 1.69 bits per heavy atom. The first-order valence-corrected chi connectivity index (χ1v) is 14.6. The van der Waals surface area contributed by atoms with Crippen molar-refractivity contribution >= 4 is 11.9 Å². The number of hydrogen-bond donors (Lipinski definition) is 1. The summed E-state index contributed by atoms with van der Waals surface area (Å²) in [5.74, 6) is -0.207. The number of benzene rings is 1. The molecule has 1 amide bonds. The Labute approximate surface area is 216 Å². The smallest absolute Gasteiger partial charge is 0.305 e. The van der Waals surface area contributed by atoms with Gasteiger partial charge in [0.25, 0.3) is 0 Å². The van der Waals surface area contributed by atoms with Crippen molar-refractivity contribution < 1.29 is 14.3 Å². The van der Waals surface area contributed by atoms with E-state index in [2.05, 4.69) is 12.2 Å². The number of esters is 1. The third kappa shape index (κ3) is 19.1. The van der Waals surface area contributed by atoms with E-state index in [9.17, 15) is 9.59 Å². The van der Waals surface area contributed by atoms with Crippen LogP contribution >= 0.6 is 0 Å². The lowest BCUT2D eigenvalue weighted by molar-refractivity contribution is -0.143. The highest BCUT2D eigenvalue weighted by molar-refractivity contribution is 5.77. The topological polar surface area (TPSA) is 55.4 Å². The van der Waals surface area contributed by atoms with Crippen molar-refractivity contribution in [2.45, 2.75) is 142 Å². The third-order valence-electron chi connectivity index (χ3n) is 6.72. The molecule has 200 valence electrons. The summed E-state index contributed by atoms with van der Waals surface area (Å²) < 4.78 is 5.32. The highest BCUT2D eigenvalue weighted by Crippen LogP contribution is 2.14. The van der Waals surface area contributed by atoms with Crippen molar-refractivity contribution in [2.24, 2.45) is 0 Å². The molecule has 1 atom stereocenters. The maximum absolute atomic E-state index is 12.1. The molecule has 0 aliphatic heterocycles. The van der Waals surface area contributed by atoms with Gasteiger partial charge in [-0.15, -0.1) is 0 Å². The van der Waals surface area contributed by atoms with E-state index in [1.807, 2.05) is 37.3 Å². The standard InChI is InChI=1S/C31H53NO3/c1-3-4-5-6-7-8-9-10-11-12-13-14-15-16-17-21-27-35-31(34)26-22-25-30(33)32-28(2)29-23-19-18-20-24-29/h18-20,23-24,28H,3-17,21-22,25-27H2,1-2H3,(H,32,33). The zero-order chi connectivity index (χ0) is 25.4. The molecule has 0 aliphatic rings. The second-order valence-corrected chi connectivity index (χ2v) is 10.1. The van der Waals surface area contributed by atoms with Gasteiger partial charge in [0, 0.05) is 12.8 Å². The van der Waals surface area contributed by atoms with Crippen LogP contribution < -0.4 is 5.32 Å². The van der Waals surface area contributed by atoms with E-state index < -0.39 is 0 Å². The Bertz CT molecular complexity index is 631. The molecule has 1 N–H and O–H groups in total. The summed E-state index contributed by atoms with van der Waals surface area (Å²) in [4.78, 5) is 23.9. The first-order valence-electron chi connectivity index (χ1n) is 14.6. The van der Waals surface area contributed by atoms with Crippen LogP contribution in [-0.4, -0.2) is 18.5 Å². The molecule has 0 spiro atoms. The number of rotatable bonds is 23. The zero-order valence-electron chi connectivity index (χ0n) is 22.8. The molecule has 0 saturated carbocycles. The normalized spacial score (nSPS) is 11.8. The SMILES string of the molecule is CCCCCCCCCCCCCCCCCCOC(=O)CCCC(=O)NC(C)c1ccccc1. The van der Waals surface area contributed by atoms with Crippen LogP contribution in [0, 0.1) is 0 Å². The molecule has 0 aliphatic carbocycles. The summed E-state index contributed by atoms with van der Waals surface area (Å²) in [5, 5.41) is 2.98. The van der Waals surface area contributed by atoms with E-state index in [0.717, 1.165) is 18.4 Å². The summed E-state index contributed by atoms with van der Waals surface area (Å²) in [7, 11) is 0. The summed E-state index contributed by atoms with van der Waals surface area (Å²) in [6.07, 6.45) is 22.6. The first-order chi connectivity index (χ1) is 17.1. The largest absolute Gasteiger partial charge is 0.466 e. The number of amides is 1. The molecule has 4 heteroatoms. The molecule has 0 bridgehead atoms. The fourth-order valence-corrected chi connectivity index (χ4v) is 4.44. The van der Waals surface area contributed by atoms with Gasteiger partial charge in [-0.3, -0.25) is 9.59 Å². The van der Waals surface area contributed by atoms with Gasteiger partial charge >= 0.3 is 5.97 Å². The van der Waals surface area contributed by atoms with Crippen LogP contribution in [0.3, 0.4) is 0 Å². The van der Waals surface area contributed by atoms with Crippen LogP contribution in [0.4, 0.5) is 0 Å². The number of hydrogen-bond acceptors (Lipinski definition) is 3. The van der Waals surface area contributed by atoms with E-state index in [0.29, 0.717) is 25.9 Å². The molecular formula is C31H53NO3. The molecule has 0 radical (unpaired) electrons. The van der Waals surface area contributed by atoms with Gasteiger partial charge in [0.2, 0.25) is 5.91 Å². The Morgan fingerprint density at radius 2 is 1.17 bits per heavy atom. The third-order valence-corrected chi connectivity index (χ3v) is 6.72. The van der Waals surface area contributed by atoms with Crippen molar-refractivity contribution in [3.63, 3.8) is 0 Å². The lowest BCUT2D eigenvalue weighted by Gasteiger charge is -2.14. The summed E-state index contributed by atoms with van der Waals surface area (Å²) in [6, 6.07) is 9.87. The van der Waals surface area contributed by atoms with Crippen LogP contribution in [0.1, 0.15) is 147 Å².